The number of ether oxygens (including phenoxy) is 2. The number of halogens is 2. The van der Waals surface area contributed by atoms with Crippen molar-refractivity contribution >= 4 is 0 Å². The first kappa shape index (κ1) is 7.17. The molecule has 0 amide bonds. The predicted octanol–water partition coefficient (Wildman–Crippen LogP) is 1.92. The van der Waals surface area contributed by atoms with Gasteiger partial charge in [-0.25, -0.2) is 0 Å². The molecule has 0 fully saturated rings. The minimum absolute atomic E-state index is 0.0405. The molecule has 0 radical (unpaired) electrons. The molecule has 0 saturated carbocycles. The van der Waals surface area contributed by atoms with Crippen LogP contribution in [0.15, 0.2) is 6.07 Å². The van der Waals surface area contributed by atoms with Gasteiger partial charge in [0, 0.05) is 5.56 Å². The maximum absolute atomic E-state index is 12.4. The Bertz CT molecular complexity index is 323. The Kier molecular flexibility index (Phi) is 1.20. The van der Waals surface area contributed by atoms with Crippen LogP contribution in [-0.4, -0.2) is 6.29 Å². The molecule has 0 saturated heterocycles. The molecule has 0 bridgehead atoms. The molecule has 0 N–H and O–H groups in total. The Morgan fingerprint density at radius 2 is 2.17 bits per heavy atom. The summed E-state index contributed by atoms with van der Waals surface area (Å²) >= 11 is 0. The van der Waals surface area contributed by atoms with Crippen LogP contribution in [0, 0.1) is 19.1 Å². The zero-order valence-corrected chi connectivity index (χ0v) is 6.15. The van der Waals surface area contributed by atoms with Gasteiger partial charge >= 0.3 is 6.29 Å². The van der Waals surface area contributed by atoms with Crippen molar-refractivity contribution in [3.05, 3.63) is 23.8 Å². The highest BCUT2D eigenvalue weighted by Gasteiger charge is 2.44. The highest BCUT2D eigenvalue weighted by atomic mass is 19.3. The monoisotopic (exact) mass is 170 g/mol. The van der Waals surface area contributed by atoms with Crippen molar-refractivity contribution in [2.45, 2.75) is 13.2 Å². The first-order valence-electron chi connectivity index (χ1n) is 3.27. The molecular formula is C8H4F2O2. The van der Waals surface area contributed by atoms with Gasteiger partial charge in [0.2, 0.25) is 5.75 Å². The second kappa shape index (κ2) is 2.01. The van der Waals surface area contributed by atoms with E-state index < -0.39 is 6.29 Å². The lowest BCUT2D eigenvalue weighted by atomic mass is 10.2. The van der Waals surface area contributed by atoms with E-state index in [9.17, 15) is 8.78 Å². The Labute approximate surface area is 67.7 Å². The van der Waals surface area contributed by atoms with Gasteiger partial charge in [0.05, 0.1) is 0 Å². The van der Waals surface area contributed by atoms with E-state index in [0.717, 1.165) is 0 Å². The number of aryl methyl sites for hydroxylation is 1. The summed E-state index contributed by atoms with van der Waals surface area (Å²) in [6.45, 7) is 1.63. The Morgan fingerprint density at radius 3 is 2.83 bits per heavy atom. The third-order valence-corrected chi connectivity index (χ3v) is 1.48. The van der Waals surface area contributed by atoms with Crippen LogP contribution in [0.4, 0.5) is 8.78 Å². The summed E-state index contributed by atoms with van der Waals surface area (Å²) in [5.41, 5.74) is 0.556. The first-order valence-corrected chi connectivity index (χ1v) is 3.27. The first-order chi connectivity index (χ1) is 5.58. The van der Waals surface area contributed by atoms with E-state index in [0.29, 0.717) is 5.56 Å². The molecule has 1 aliphatic rings. The minimum Gasteiger partial charge on any atom is -0.394 e. The standard InChI is InChI=1S/C8H4F2O2/c1-5-3-2-4-6-7(5)12-8(9,10)11-6/h3H,1H3. The van der Waals surface area contributed by atoms with Crippen molar-refractivity contribution < 1.29 is 18.3 Å². The van der Waals surface area contributed by atoms with Gasteiger partial charge in [0.25, 0.3) is 0 Å². The van der Waals surface area contributed by atoms with Crippen molar-refractivity contribution in [1.82, 2.24) is 0 Å². The summed E-state index contributed by atoms with van der Waals surface area (Å²) in [5, 5.41) is 0. The van der Waals surface area contributed by atoms with Gasteiger partial charge in [-0.15, -0.1) is 8.78 Å². The SMILES string of the molecule is Cc1cc#cc2c1OC(F)(F)O2. The van der Waals surface area contributed by atoms with Gasteiger partial charge in [0.1, 0.15) is 0 Å². The molecule has 4 heteroatoms. The summed E-state index contributed by atoms with van der Waals surface area (Å²) in [5.74, 6) is -0.0428. The van der Waals surface area contributed by atoms with E-state index >= 15 is 0 Å². The summed E-state index contributed by atoms with van der Waals surface area (Å²) in [6.07, 6.45) is -3.56. The summed E-state index contributed by atoms with van der Waals surface area (Å²) in [7, 11) is 0. The third-order valence-electron chi connectivity index (χ3n) is 1.48. The van der Waals surface area contributed by atoms with Crippen molar-refractivity contribution in [2.24, 2.45) is 0 Å². The smallest absolute Gasteiger partial charge is 0.394 e. The molecule has 2 nitrogen and oxygen atoms in total. The highest BCUT2D eigenvalue weighted by Crippen LogP contribution is 2.41. The average Bonchev–Trinajstić information content (AvgIpc) is 2.25. The lowest BCUT2D eigenvalue weighted by Gasteiger charge is -2.04. The maximum atomic E-state index is 12.4. The molecule has 0 aliphatic carbocycles. The van der Waals surface area contributed by atoms with Crippen LogP contribution in [0.5, 0.6) is 11.5 Å². The molecule has 0 spiro atoms. The number of alkyl halides is 2. The molecule has 1 heterocycles. The van der Waals surface area contributed by atoms with Crippen LogP contribution in [0.2, 0.25) is 0 Å². The van der Waals surface area contributed by atoms with Crippen molar-refractivity contribution in [3.8, 4) is 11.5 Å². The number of hydrogen-bond donors (Lipinski definition) is 0. The zero-order chi connectivity index (χ0) is 8.77. The second-order valence-corrected chi connectivity index (χ2v) is 2.42. The number of rotatable bonds is 0. The van der Waals surface area contributed by atoms with Crippen LogP contribution >= 0.6 is 0 Å². The molecule has 0 atom stereocenters. The third kappa shape index (κ3) is 0.944. The average molecular weight is 170 g/mol. The van der Waals surface area contributed by atoms with Crippen LogP contribution in [0.25, 0.3) is 0 Å². The predicted molar refractivity (Wildman–Crippen MR) is 35.1 cm³/mol. The van der Waals surface area contributed by atoms with E-state index in [-0.39, 0.29) is 11.5 Å². The van der Waals surface area contributed by atoms with Gasteiger partial charge in [-0.2, -0.15) is 0 Å². The van der Waals surface area contributed by atoms with Gasteiger partial charge in [-0.3, -0.25) is 0 Å². The second-order valence-electron chi connectivity index (χ2n) is 2.42. The van der Waals surface area contributed by atoms with E-state index in [1.807, 2.05) is 0 Å². The molecule has 0 unspecified atom stereocenters. The fraction of sp³-hybridized carbons (Fsp3) is 0.250. The summed E-state index contributed by atoms with van der Waals surface area (Å²) < 4.78 is 33.2. The quantitative estimate of drug-likeness (QED) is 0.592. The van der Waals surface area contributed by atoms with Gasteiger partial charge in [-0.05, 0) is 19.1 Å². The van der Waals surface area contributed by atoms with Crippen molar-refractivity contribution in [3.63, 3.8) is 0 Å². The van der Waals surface area contributed by atoms with Crippen molar-refractivity contribution in [1.29, 1.82) is 0 Å². The minimum atomic E-state index is -3.56. The summed E-state index contributed by atoms with van der Waals surface area (Å²) in [4.78, 5) is 0. The molecule has 0 aromatic heterocycles. The van der Waals surface area contributed by atoms with E-state index in [4.69, 9.17) is 0 Å². The van der Waals surface area contributed by atoms with E-state index in [2.05, 4.69) is 21.6 Å². The number of fused-ring (bicyclic) bond motifs is 1. The molecule has 12 heavy (non-hydrogen) atoms. The normalized spacial score (nSPS) is 17.2. The maximum Gasteiger partial charge on any atom is 0.586 e. The topological polar surface area (TPSA) is 18.5 Å². The zero-order valence-electron chi connectivity index (χ0n) is 6.15. The molecule has 62 valence electrons. The Morgan fingerprint density at radius 1 is 1.42 bits per heavy atom. The Hall–Kier alpha value is -1.50. The van der Waals surface area contributed by atoms with Gasteiger partial charge < -0.3 is 9.47 Å². The molecule has 2 rings (SSSR count). The molecule has 1 aromatic carbocycles. The fourth-order valence-corrected chi connectivity index (χ4v) is 0.968. The van der Waals surface area contributed by atoms with Gasteiger partial charge in [0.15, 0.2) is 5.75 Å². The van der Waals surface area contributed by atoms with Crippen LogP contribution < -0.4 is 9.47 Å². The molecular weight excluding hydrogens is 166 g/mol. The van der Waals surface area contributed by atoms with Crippen molar-refractivity contribution in [2.75, 3.05) is 0 Å². The molecule has 1 aromatic rings. The lowest BCUT2D eigenvalue weighted by molar-refractivity contribution is -0.286. The van der Waals surface area contributed by atoms with E-state index in [1.54, 1.807) is 6.92 Å². The molecule has 1 aliphatic heterocycles. The lowest BCUT2D eigenvalue weighted by Crippen LogP contribution is -2.26. The van der Waals surface area contributed by atoms with Crippen LogP contribution in [-0.2, 0) is 0 Å². The largest absolute Gasteiger partial charge is 0.586 e. The number of hydrogen-bond acceptors (Lipinski definition) is 2. The van der Waals surface area contributed by atoms with Crippen LogP contribution in [0.1, 0.15) is 5.56 Å². The van der Waals surface area contributed by atoms with Crippen LogP contribution in [0.3, 0.4) is 0 Å². The van der Waals surface area contributed by atoms with Gasteiger partial charge in [-0.1, -0.05) is 6.07 Å². The Balaban J connectivity index is 2.48. The highest BCUT2D eigenvalue weighted by molar-refractivity contribution is 5.44. The summed E-state index contributed by atoms with van der Waals surface area (Å²) in [6, 6.07) is 6.43. The van der Waals surface area contributed by atoms with E-state index in [1.165, 1.54) is 6.07 Å². The fourth-order valence-electron chi connectivity index (χ4n) is 0.968.